The molecule has 54 valence electrons. The molecular formula is C6H11FOS. The van der Waals surface area contributed by atoms with Gasteiger partial charge in [0.1, 0.15) is 0 Å². The Balaban J connectivity index is 2.37. The molecule has 0 atom stereocenters. The van der Waals surface area contributed by atoms with Crippen LogP contribution in [0.25, 0.3) is 0 Å². The van der Waals surface area contributed by atoms with Gasteiger partial charge >= 0.3 is 0 Å². The van der Waals surface area contributed by atoms with E-state index in [-0.39, 0.29) is 0 Å². The van der Waals surface area contributed by atoms with Gasteiger partial charge in [-0.15, -0.1) is 11.8 Å². The van der Waals surface area contributed by atoms with Crippen LogP contribution in [0.3, 0.4) is 0 Å². The van der Waals surface area contributed by atoms with E-state index in [4.69, 9.17) is 4.74 Å². The highest BCUT2D eigenvalue weighted by molar-refractivity contribution is 7.99. The molecule has 0 aromatic carbocycles. The van der Waals surface area contributed by atoms with Crippen molar-refractivity contribution < 1.29 is 9.13 Å². The van der Waals surface area contributed by atoms with Gasteiger partial charge in [0.2, 0.25) is 0 Å². The first kappa shape index (κ1) is 7.35. The van der Waals surface area contributed by atoms with Crippen LogP contribution in [-0.4, -0.2) is 24.5 Å². The zero-order valence-electron chi connectivity index (χ0n) is 5.52. The van der Waals surface area contributed by atoms with Crippen LogP contribution in [0.15, 0.2) is 0 Å². The van der Waals surface area contributed by atoms with Crippen molar-refractivity contribution >= 4 is 11.8 Å². The quantitative estimate of drug-likeness (QED) is 0.564. The molecule has 0 spiro atoms. The third-order valence-corrected chi connectivity index (χ3v) is 2.75. The summed E-state index contributed by atoms with van der Waals surface area (Å²) in [7, 11) is 0. The van der Waals surface area contributed by atoms with Gasteiger partial charge in [-0.1, -0.05) is 0 Å². The molecule has 0 aromatic heterocycles. The van der Waals surface area contributed by atoms with Crippen LogP contribution in [-0.2, 0) is 4.74 Å². The van der Waals surface area contributed by atoms with Crippen molar-refractivity contribution in [2.45, 2.75) is 17.8 Å². The summed E-state index contributed by atoms with van der Waals surface area (Å²) < 4.78 is 18.2. The van der Waals surface area contributed by atoms with E-state index in [0.29, 0.717) is 26.1 Å². The topological polar surface area (TPSA) is 9.23 Å². The maximum absolute atomic E-state index is 13.2. The maximum atomic E-state index is 13.2. The Bertz CT molecular complexity index is 91.1. The second kappa shape index (κ2) is 2.88. The molecule has 3 heteroatoms. The van der Waals surface area contributed by atoms with E-state index in [9.17, 15) is 4.39 Å². The third kappa shape index (κ3) is 1.83. The Labute approximate surface area is 59.0 Å². The van der Waals surface area contributed by atoms with Crippen LogP contribution >= 0.6 is 11.8 Å². The number of hydrogen-bond donors (Lipinski definition) is 0. The van der Waals surface area contributed by atoms with E-state index < -0.39 is 5.00 Å². The van der Waals surface area contributed by atoms with Gasteiger partial charge in [0.25, 0.3) is 0 Å². The van der Waals surface area contributed by atoms with Gasteiger partial charge < -0.3 is 4.74 Å². The predicted octanol–water partition coefficient (Wildman–Crippen LogP) is 1.83. The van der Waals surface area contributed by atoms with Gasteiger partial charge in [-0.05, 0) is 6.26 Å². The molecule has 0 bridgehead atoms. The Hall–Kier alpha value is 0.240. The number of rotatable bonds is 1. The molecule has 0 amide bonds. The van der Waals surface area contributed by atoms with E-state index in [1.54, 1.807) is 0 Å². The Morgan fingerprint density at radius 2 is 2.00 bits per heavy atom. The minimum atomic E-state index is -0.988. The fraction of sp³-hybridized carbons (Fsp3) is 1.00. The predicted molar refractivity (Wildman–Crippen MR) is 37.4 cm³/mol. The fourth-order valence-electron chi connectivity index (χ4n) is 0.880. The van der Waals surface area contributed by atoms with Crippen LogP contribution in [0.1, 0.15) is 12.8 Å². The van der Waals surface area contributed by atoms with Crippen molar-refractivity contribution in [1.82, 2.24) is 0 Å². The molecule has 0 N–H and O–H groups in total. The van der Waals surface area contributed by atoms with Gasteiger partial charge in [-0.3, -0.25) is 0 Å². The van der Waals surface area contributed by atoms with Gasteiger partial charge in [0.05, 0.1) is 13.2 Å². The van der Waals surface area contributed by atoms with Gasteiger partial charge in [-0.25, -0.2) is 4.39 Å². The summed E-state index contributed by atoms with van der Waals surface area (Å²) in [6, 6.07) is 0. The fourth-order valence-corrected chi connectivity index (χ4v) is 1.46. The van der Waals surface area contributed by atoms with Crippen molar-refractivity contribution in [2.75, 3.05) is 19.5 Å². The van der Waals surface area contributed by atoms with Crippen molar-refractivity contribution in [1.29, 1.82) is 0 Å². The highest BCUT2D eigenvalue weighted by atomic mass is 32.2. The van der Waals surface area contributed by atoms with Crippen LogP contribution in [0.5, 0.6) is 0 Å². The minimum Gasteiger partial charge on any atom is -0.381 e. The molecule has 0 radical (unpaired) electrons. The smallest absolute Gasteiger partial charge is 0.160 e. The standard InChI is InChI=1S/C6H11FOS/c1-9-6(7)2-4-8-5-3-6/h2-5H2,1H3. The lowest BCUT2D eigenvalue weighted by molar-refractivity contribution is 0.0372. The normalized spacial score (nSPS) is 26.0. The summed E-state index contributed by atoms with van der Waals surface area (Å²) in [5, 5.41) is -0.988. The summed E-state index contributed by atoms with van der Waals surface area (Å²) in [4.78, 5) is 0. The summed E-state index contributed by atoms with van der Waals surface area (Å²) in [6.07, 6.45) is 2.91. The summed E-state index contributed by atoms with van der Waals surface area (Å²) >= 11 is 1.30. The first-order valence-electron chi connectivity index (χ1n) is 3.09. The van der Waals surface area contributed by atoms with Crippen molar-refractivity contribution in [3.8, 4) is 0 Å². The van der Waals surface area contributed by atoms with E-state index in [2.05, 4.69) is 0 Å². The van der Waals surface area contributed by atoms with Crippen LogP contribution in [0, 0.1) is 0 Å². The first-order chi connectivity index (χ1) is 4.27. The lowest BCUT2D eigenvalue weighted by atomic mass is 10.2. The number of halogens is 1. The average molecular weight is 150 g/mol. The summed E-state index contributed by atoms with van der Waals surface area (Å²) in [6.45, 7) is 1.16. The summed E-state index contributed by atoms with van der Waals surface area (Å²) in [5.74, 6) is 0. The number of alkyl halides is 1. The monoisotopic (exact) mass is 150 g/mol. The number of hydrogen-bond acceptors (Lipinski definition) is 2. The van der Waals surface area contributed by atoms with E-state index >= 15 is 0 Å². The molecule has 1 heterocycles. The molecule has 1 nitrogen and oxygen atoms in total. The maximum Gasteiger partial charge on any atom is 0.160 e. The molecule has 1 saturated heterocycles. The Morgan fingerprint density at radius 3 is 2.33 bits per heavy atom. The number of ether oxygens (including phenoxy) is 1. The molecule has 0 aliphatic carbocycles. The molecule has 0 aromatic rings. The van der Waals surface area contributed by atoms with Crippen molar-refractivity contribution in [3.63, 3.8) is 0 Å². The molecule has 9 heavy (non-hydrogen) atoms. The lowest BCUT2D eigenvalue weighted by Crippen LogP contribution is -2.27. The van der Waals surface area contributed by atoms with E-state index in [0.717, 1.165) is 0 Å². The van der Waals surface area contributed by atoms with Crippen LogP contribution in [0.4, 0.5) is 4.39 Å². The van der Waals surface area contributed by atoms with E-state index in [1.165, 1.54) is 11.8 Å². The highest BCUT2D eigenvalue weighted by Gasteiger charge is 2.30. The second-order valence-electron chi connectivity index (χ2n) is 2.20. The first-order valence-corrected chi connectivity index (χ1v) is 4.31. The molecular weight excluding hydrogens is 139 g/mol. The van der Waals surface area contributed by atoms with E-state index in [1.807, 2.05) is 6.26 Å². The SMILES string of the molecule is CSC1(F)CCOCC1. The molecule has 1 aliphatic heterocycles. The summed E-state index contributed by atoms with van der Waals surface area (Å²) in [5.41, 5.74) is 0. The Kier molecular flexibility index (Phi) is 2.35. The van der Waals surface area contributed by atoms with Crippen molar-refractivity contribution in [2.24, 2.45) is 0 Å². The molecule has 1 fully saturated rings. The molecule has 1 aliphatic rings. The highest BCUT2D eigenvalue weighted by Crippen LogP contribution is 2.34. The molecule has 1 rings (SSSR count). The zero-order valence-corrected chi connectivity index (χ0v) is 6.34. The second-order valence-corrected chi connectivity index (χ2v) is 3.34. The van der Waals surface area contributed by atoms with Crippen molar-refractivity contribution in [3.05, 3.63) is 0 Å². The minimum absolute atomic E-state index is 0.550. The largest absolute Gasteiger partial charge is 0.381 e. The Morgan fingerprint density at radius 1 is 1.44 bits per heavy atom. The van der Waals surface area contributed by atoms with Gasteiger partial charge in [-0.2, -0.15) is 0 Å². The third-order valence-electron chi connectivity index (χ3n) is 1.61. The molecule has 0 unspecified atom stereocenters. The number of thioether (sulfide) groups is 1. The molecule has 0 saturated carbocycles. The zero-order chi connectivity index (χ0) is 6.74. The van der Waals surface area contributed by atoms with Crippen LogP contribution in [0.2, 0.25) is 0 Å². The van der Waals surface area contributed by atoms with Gasteiger partial charge in [0.15, 0.2) is 5.00 Å². The lowest BCUT2D eigenvalue weighted by Gasteiger charge is -2.27. The van der Waals surface area contributed by atoms with Crippen LogP contribution < -0.4 is 0 Å². The average Bonchev–Trinajstić information content (AvgIpc) is 1.90. The van der Waals surface area contributed by atoms with Gasteiger partial charge in [0, 0.05) is 12.8 Å².